The largest absolute Gasteiger partial charge is 0.368 e. The van der Waals surface area contributed by atoms with Gasteiger partial charge in [0.15, 0.2) is 5.78 Å². The summed E-state index contributed by atoms with van der Waals surface area (Å²) in [5.41, 5.74) is 0. The number of Topliss-reactive ketones (excluding diaryl/α,β-unsaturated/α-hetero) is 1. The number of hydrogen-bond donors (Lipinski definition) is 1. The molecule has 1 atom stereocenters. The van der Waals surface area contributed by atoms with Gasteiger partial charge in [0.2, 0.25) is 0 Å². The summed E-state index contributed by atoms with van der Waals surface area (Å²) in [5.74, 6) is 0.642. The normalized spacial score (nSPS) is 31.2. The number of rotatable bonds is 2. The Morgan fingerprint density at radius 1 is 1.42 bits per heavy atom. The molecule has 1 saturated heterocycles. The first-order valence-corrected chi connectivity index (χ1v) is 4.74. The Morgan fingerprint density at radius 3 is 2.75 bits per heavy atom. The Morgan fingerprint density at radius 2 is 2.25 bits per heavy atom. The maximum absolute atomic E-state index is 11.6. The molecule has 0 bridgehead atoms. The zero-order valence-electron chi connectivity index (χ0n) is 7.21. The summed E-state index contributed by atoms with van der Waals surface area (Å²) in [5, 5.41) is 3.17. The van der Waals surface area contributed by atoms with E-state index in [9.17, 15) is 4.79 Å². The van der Waals surface area contributed by atoms with Gasteiger partial charge in [-0.2, -0.15) is 0 Å². The highest BCUT2D eigenvalue weighted by Crippen LogP contribution is 2.28. The number of ketones is 1. The third-order valence-electron chi connectivity index (χ3n) is 2.75. The van der Waals surface area contributed by atoms with Gasteiger partial charge in [0, 0.05) is 19.0 Å². The van der Waals surface area contributed by atoms with Crippen LogP contribution >= 0.6 is 0 Å². The van der Waals surface area contributed by atoms with E-state index in [4.69, 9.17) is 4.74 Å². The Hall–Kier alpha value is -0.410. The van der Waals surface area contributed by atoms with E-state index in [-0.39, 0.29) is 6.10 Å². The van der Waals surface area contributed by atoms with E-state index in [0.29, 0.717) is 18.3 Å². The monoisotopic (exact) mass is 169 g/mol. The van der Waals surface area contributed by atoms with Gasteiger partial charge in [-0.05, 0) is 12.8 Å². The number of carbonyl (C=O) groups is 1. The lowest BCUT2D eigenvalue weighted by Gasteiger charge is -2.30. The van der Waals surface area contributed by atoms with E-state index >= 15 is 0 Å². The summed E-state index contributed by atoms with van der Waals surface area (Å²) < 4.78 is 5.38. The SMILES string of the molecule is O=C(C1CCC1)C1CNCCO1. The highest BCUT2D eigenvalue weighted by atomic mass is 16.5. The second-order valence-corrected chi connectivity index (χ2v) is 3.59. The molecule has 0 aromatic heterocycles. The molecule has 0 radical (unpaired) electrons. The van der Waals surface area contributed by atoms with Crippen molar-refractivity contribution >= 4 is 5.78 Å². The topological polar surface area (TPSA) is 38.3 Å². The molecule has 0 aromatic rings. The highest BCUT2D eigenvalue weighted by molar-refractivity contribution is 5.86. The number of morpholine rings is 1. The molecule has 12 heavy (non-hydrogen) atoms. The quantitative estimate of drug-likeness (QED) is 0.648. The van der Waals surface area contributed by atoms with E-state index in [1.54, 1.807) is 0 Å². The number of carbonyl (C=O) groups excluding carboxylic acids is 1. The first-order chi connectivity index (χ1) is 5.88. The van der Waals surface area contributed by atoms with Gasteiger partial charge < -0.3 is 10.1 Å². The third-order valence-corrected chi connectivity index (χ3v) is 2.75. The molecule has 1 unspecified atom stereocenters. The van der Waals surface area contributed by atoms with Gasteiger partial charge in [0.25, 0.3) is 0 Å². The van der Waals surface area contributed by atoms with Crippen molar-refractivity contribution in [2.24, 2.45) is 5.92 Å². The molecule has 0 amide bonds. The van der Waals surface area contributed by atoms with Crippen LogP contribution in [0.25, 0.3) is 0 Å². The number of hydrogen-bond acceptors (Lipinski definition) is 3. The van der Waals surface area contributed by atoms with Gasteiger partial charge in [-0.3, -0.25) is 4.79 Å². The minimum absolute atomic E-state index is 0.149. The lowest BCUT2D eigenvalue weighted by Crippen LogP contribution is -2.46. The van der Waals surface area contributed by atoms with Gasteiger partial charge in [-0.15, -0.1) is 0 Å². The fourth-order valence-electron chi connectivity index (χ4n) is 1.70. The van der Waals surface area contributed by atoms with Crippen molar-refractivity contribution in [3.8, 4) is 0 Å². The minimum Gasteiger partial charge on any atom is -0.368 e. The van der Waals surface area contributed by atoms with Crippen LogP contribution in [0.4, 0.5) is 0 Å². The standard InChI is InChI=1S/C9H15NO2/c11-9(7-2-1-3-7)8-6-10-4-5-12-8/h7-8,10H,1-6H2. The van der Waals surface area contributed by atoms with Gasteiger partial charge in [0.1, 0.15) is 6.10 Å². The van der Waals surface area contributed by atoms with E-state index in [0.717, 1.165) is 25.9 Å². The van der Waals surface area contributed by atoms with Crippen LogP contribution in [0.3, 0.4) is 0 Å². The number of nitrogens with one attached hydrogen (secondary N) is 1. The van der Waals surface area contributed by atoms with Crippen molar-refractivity contribution in [2.75, 3.05) is 19.7 Å². The van der Waals surface area contributed by atoms with Crippen LogP contribution in [0.2, 0.25) is 0 Å². The average molecular weight is 169 g/mol. The van der Waals surface area contributed by atoms with Crippen molar-refractivity contribution in [3.63, 3.8) is 0 Å². The predicted octanol–water partition coefficient (Wildman–Crippen LogP) is 0.344. The fourth-order valence-corrected chi connectivity index (χ4v) is 1.70. The molecule has 1 saturated carbocycles. The molecule has 3 nitrogen and oxygen atoms in total. The molecule has 3 heteroatoms. The summed E-state index contributed by atoms with van der Waals surface area (Å²) >= 11 is 0. The first kappa shape index (κ1) is 8.20. The van der Waals surface area contributed by atoms with Crippen LogP contribution in [-0.2, 0) is 9.53 Å². The number of ether oxygens (including phenoxy) is 1. The van der Waals surface area contributed by atoms with E-state index in [1.165, 1.54) is 6.42 Å². The Bertz CT molecular complexity index is 171. The maximum atomic E-state index is 11.6. The second-order valence-electron chi connectivity index (χ2n) is 3.59. The van der Waals surface area contributed by atoms with Crippen LogP contribution in [0.1, 0.15) is 19.3 Å². The average Bonchev–Trinajstić information content (AvgIpc) is 2.03. The lowest BCUT2D eigenvalue weighted by molar-refractivity contribution is -0.138. The fraction of sp³-hybridized carbons (Fsp3) is 0.889. The molecular weight excluding hydrogens is 154 g/mol. The minimum atomic E-state index is -0.149. The van der Waals surface area contributed by atoms with Crippen molar-refractivity contribution in [1.29, 1.82) is 0 Å². The molecule has 2 aliphatic rings. The van der Waals surface area contributed by atoms with Crippen molar-refractivity contribution < 1.29 is 9.53 Å². The molecule has 2 fully saturated rings. The Labute approximate surface area is 72.5 Å². The second kappa shape index (κ2) is 3.54. The summed E-state index contributed by atoms with van der Waals surface area (Å²) in [6.07, 6.45) is 3.23. The van der Waals surface area contributed by atoms with Crippen molar-refractivity contribution in [2.45, 2.75) is 25.4 Å². The summed E-state index contributed by atoms with van der Waals surface area (Å²) in [4.78, 5) is 11.6. The van der Waals surface area contributed by atoms with Gasteiger partial charge in [-0.25, -0.2) is 0 Å². The van der Waals surface area contributed by atoms with Crippen molar-refractivity contribution in [1.82, 2.24) is 5.32 Å². The molecule has 1 heterocycles. The smallest absolute Gasteiger partial charge is 0.165 e. The van der Waals surface area contributed by atoms with Crippen LogP contribution < -0.4 is 5.32 Å². The van der Waals surface area contributed by atoms with Gasteiger partial charge >= 0.3 is 0 Å². The Balaban J connectivity index is 1.84. The third kappa shape index (κ3) is 1.52. The summed E-state index contributed by atoms with van der Waals surface area (Å²) in [6, 6.07) is 0. The molecule has 68 valence electrons. The molecular formula is C9H15NO2. The summed E-state index contributed by atoms with van der Waals surface area (Å²) in [6.45, 7) is 2.28. The van der Waals surface area contributed by atoms with E-state index in [2.05, 4.69) is 5.32 Å². The van der Waals surface area contributed by atoms with Gasteiger partial charge in [-0.1, -0.05) is 6.42 Å². The van der Waals surface area contributed by atoms with E-state index in [1.807, 2.05) is 0 Å². The molecule has 1 aliphatic carbocycles. The zero-order valence-corrected chi connectivity index (χ0v) is 7.21. The van der Waals surface area contributed by atoms with E-state index < -0.39 is 0 Å². The molecule has 1 N–H and O–H groups in total. The summed E-state index contributed by atoms with van der Waals surface area (Å²) in [7, 11) is 0. The predicted molar refractivity (Wildman–Crippen MR) is 45.0 cm³/mol. The first-order valence-electron chi connectivity index (χ1n) is 4.74. The maximum Gasteiger partial charge on any atom is 0.165 e. The van der Waals surface area contributed by atoms with Crippen LogP contribution in [-0.4, -0.2) is 31.6 Å². The molecule has 2 rings (SSSR count). The van der Waals surface area contributed by atoms with Crippen LogP contribution in [0, 0.1) is 5.92 Å². The Kier molecular flexibility index (Phi) is 2.42. The lowest BCUT2D eigenvalue weighted by atomic mass is 9.80. The van der Waals surface area contributed by atoms with Crippen LogP contribution in [0.5, 0.6) is 0 Å². The van der Waals surface area contributed by atoms with Crippen molar-refractivity contribution in [3.05, 3.63) is 0 Å². The molecule has 0 spiro atoms. The zero-order chi connectivity index (χ0) is 8.39. The highest BCUT2D eigenvalue weighted by Gasteiger charge is 2.32. The molecule has 1 aliphatic heterocycles. The van der Waals surface area contributed by atoms with Crippen LogP contribution in [0.15, 0.2) is 0 Å². The molecule has 0 aromatic carbocycles. The van der Waals surface area contributed by atoms with Gasteiger partial charge in [0.05, 0.1) is 6.61 Å².